The van der Waals surface area contributed by atoms with Crippen LogP contribution in [-0.4, -0.2) is 19.9 Å². The van der Waals surface area contributed by atoms with Crippen LogP contribution in [0.4, 0.5) is 0 Å². The summed E-state index contributed by atoms with van der Waals surface area (Å²) in [6.45, 7) is 0.931. The molecule has 2 aromatic carbocycles. The van der Waals surface area contributed by atoms with Crippen molar-refractivity contribution in [3.8, 4) is 17.1 Å². The van der Waals surface area contributed by atoms with E-state index in [0.29, 0.717) is 0 Å². The minimum Gasteiger partial charge on any atom is -0.507 e. The Labute approximate surface area is 123 Å². The summed E-state index contributed by atoms with van der Waals surface area (Å²) >= 11 is 0. The highest BCUT2D eigenvalue weighted by atomic mass is 16.3. The van der Waals surface area contributed by atoms with Crippen molar-refractivity contribution in [3.05, 3.63) is 42.2 Å². The maximum absolute atomic E-state index is 10.4. The SMILES string of the molecule is Oc1ccc2ccccc2c1-c1nnc2n1CCCCC2. The minimum absolute atomic E-state index is 0.271. The van der Waals surface area contributed by atoms with Gasteiger partial charge in [0, 0.05) is 13.0 Å². The predicted octanol–water partition coefficient (Wildman–Crippen LogP) is 3.53. The lowest BCUT2D eigenvalue weighted by molar-refractivity contribution is 0.477. The molecule has 1 N–H and O–H groups in total. The number of rotatable bonds is 1. The van der Waals surface area contributed by atoms with E-state index >= 15 is 0 Å². The molecule has 0 radical (unpaired) electrons. The molecular weight excluding hydrogens is 262 g/mol. The number of phenolic OH excluding ortho intramolecular Hbond substituents is 1. The zero-order chi connectivity index (χ0) is 14.2. The number of hydrogen-bond acceptors (Lipinski definition) is 3. The van der Waals surface area contributed by atoms with Gasteiger partial charge < -0.3 is 9.67 Å². The number of aromatic hydroxyl groups is 1. The molecule has 0 atom stereocenters. The number of aryl methyl sites for hydroxylation is 1. The van der Waals surface area contributed by atoms with Crippen LogP contribution in [0.2, 0.25) is 0 Å². The van der Waals surface area contributed by atoms with Gasteiger partial charge in [-0.15, -0.1) is 10.2 Å². The van der Waals surface area contributed by atoms with E-state index in [4.69, 9.17) is 0 Å². The number of phenols is 1. The quantitative estimate of drug-likeness (QED) is 0.741. The third-order valence-corrected chi connectivity index (χ3v) is 4.24. The Morgan fingerprint density at radius 2 is 1.86 bits per heavy atom. The summed E-state index contributed by atoms with van der Waals surface area (Å²) < 4.78 is 2.18. The number of hydrogen-bond donors (Lipinski definition) is 1. The Morgan fingerprint density at radius 3 is 2.81 bits per heavy atom. The molecule has 4 heteroatoms. The van der Waals surface area contributed by atoms with Crippen LogP contribution in [0.5, 0.6) is 5.75 Å². The minimum atomic E-state index is 0.271. The fraction of sp³-hybridized carbons (Fsp3) is 0.294. The van der Waals surface area contributed by atoms with E-state index in [0.717, 1.165) is 47.4 Å². The average molecular weight is 279 g/mol. The van der Waals surface area contributed by atoms with Crippen molar-refractivity contribution < 1.29 is 5.11 Å². The Bertz CT molecular complexity index is 807. The summed E-state index contributed by atoms with van der Waals surface area (Å²) in [6, 6.07) is 11.8. The van der Waals surface area contributed by atoms with Gasteiger partial charge in [-0.25, -0.2) is 0 Å². The van der Waals surface area contributed by atoms with Gasteiger partial charge in [-0.05, 0) is 29.7 Å². The highest BCUT2D eigenvalue weighted by Crippen LogP contribution is 2.36. The third-order valence-electron chi connectivity index (χ3n) is 4.24. The second-order valence-corrected chi connectivity index (χ2v) is 5.58. The lowest BCUT2D eigenvalue weighted by Gasteiger charge is -2.11. The van der Waals surface area contributed by atoms with E-state index in [1.807, 2.05) is 24.3 Å². The summed E-state index contributed by atoms with van der Waals surface area (Å²) in [5, 5.41) is 21.2. The van der Waals surface area contributed by atoms with Crippen molar-refractivity contribution in [2.45, 2.75) is 32.2 Å². The molecule has 1 aliphatic rings. The van der Waals surface area contributed by atoms with Crippen molar-refractivity contribution in [2.75, 3.05) is 0 Å². The summed E-state index contributed by atoms with van der Waals surface area (Å²) in [4.78, 5) is 0. The molecule has 0 unspecified atom stereocenters. The van der Waals surface area contributed by atoms with Gasteiger partial charge in [0.1, 0.15) is 11.6 Å². The number of aromatic nitrogens is 3. The smallest absolute Gasteiger partial charge is 0.168 e. The van der Waals surface area contributed by atoms with Crippen LogP contribution in [0.25, 0.3) is 22.2 Å². The van der Waals surface area contributed by atoms with Gasteiger partial charge in [-0.2, -0.15) is 0 Å². The lowest BCUT2D eigenvalue weighted by atomic mass is 10.0. The van der Waals surface area contributed by atoms with Gasteiger partial charge >= 0.3 is 0 Å². The predicted molar refractivity (Wildman–Crippen MR) is 82.2 cm³/mol. The van der Waals surface area contributed by atoms with Crippen LogP contribution in [0.1, 0.15) is 25.1 Å². The zero-order valence-corrected chi connectivity index (χ0v) is 11.8. The molecule has 3 aromatic rings. The van der Waals surface area contributed by atoms with E-state index in [2.05, 4.69) is 20.8 Å². The van der Waals surface area contributed by atoms with Crippen LogP contribution in [0.3, 0.4) is 0 Å². The Hall–Kier alpha value is -2.36. The molecule has 4 rings (SSSR count). The highest BCUT2D eigenvalue weighted by molar-refractivity contribution is 5.98. The summed E-state index contributed by atoms with van der Waals surface area (Å²) in [5.41, 5.74) is 0.800. The Balaban J connectivity index is 1.99. The largest absolute Gasteiger partial charge is 0.507 e. The molecule has 0 aliphatic carbocycles. The van der Waals surface area contributed by atoms with Crippen LogP contribution in [-0.2, 0) is 13.0 Å². The van der Waals surface area contributed by atoms with Crippen molar-refractivity contribution in [2.24, 2.45) is 0 Å². The molecule has 0 spiro atoms. The number of nitrogens with zero attached hydrogens (tertiary/aromatic N) is 3. The fourth-order valence-electron chi connectivity index (χ4n) is 3.17. The van der Waals surface area contributed by atoms with Crippen molar-refractivity contribution in [1.29, 1.82) is 0 Å². The van der Waals surface area contributed by atoms with E-state index in [9.17, 15) is 5.11 Å². The van der Waals surface area contributed by atoms with Crippen LogP contribution in [0, 0.1) is 0 Å². The molecule has 0 bridgehead atoms. The van der Waals surface area contributed by atoms with Crippen LogP contribution in [0.15, 0.2) is 36.4 Å². The van der Waals surface area contributed by atoms with E-state index in [1.165, 1.54) is 12.8 Å². The molecule has 0 saturated carbocycles. The van der Waals surface area contributed by atoms with Crippen molar-refractivity contribution in [3.63, 3.8) is 0 Å². The standard InChI is InChI=1S/C17H17N3O/c21-14-10-9-12-6-3-4-7-13(12)16(14)17-19-18-15-8-2-1-5-11-20(15)17/h3-4,6-7,9-10,21H,1-2,5,8,11H2. The topological polar surface area (TPSA) is 50.9 Å². The Kier molecular flexibility index (Phi) is 2.88. The molecule has 0 amide bonds. The third kappa shape index (κ3) is 1.98. The second-order valence-electron chi connectivity index (χ2n) is 5.58. The van der Waals surface area contributed by atoms with Gasteiger partial charge in [0.05, 0.1) is 5.56 Å². The number of benzene rings is 2. The van der Waals surface area contributed by atoms with Gasteiger partial charge in [0.25, 0.3) is 0 Å². The van der Waals surface area contributed by atoms with Gasteiger partial charge in [-0.3, -0.25) is 0 Å². The average Bonchev–Trinajstić information content (AvgIpc) is 2.76. The first-order valence-corrected chi connectivity index (χ1v) is 7.48. The van der Waals surface area contributed by atoms with Crippen molar-refractivity contribution in [1.82, 2.24) is 14.8 Å². The van der Waals surface area contributed by atoms with Gasteiger partial charge in [0.2, 0.25) is 0 Å². The Morgan fingerprint density at radius 1 is 0.952 bits per heavy atom. The monoisotopic (exact) mass is 279 g/mol. The zero-order valence-electron chi connectivity index (χ0n) is 11.8. The molecule has 4 nitrogen and oxygen atoms in total. The molecule has 1 aromatic heterocycles. The molecule has 106 valence electrons. The molecular formula is C17H17N3O. The highest BCUT2D eigenvalue weighted by Gasteiger charge is 2.20. The molecule has 0 fully saturated rings. The number of fused-ring (bicyclic) bond motifs is 2. The van der Waals surface area contributed by atoms with Crippen LogP contribution < -0.4 is 0 Å². The van der Waals surface area contributed by atoms with Gasteiger partial charge in [-0.1, -0.05) is 36.8 Å². The fourth-order valence-corrected chi connectivity index (χ4v) is 3.17. The van der Waals surface area contributed by atoms with E-state index < -0.39 is 0 Å². The van der Waals surface area contributed by atoms with Crippen molar-refractivity contribution >= 4 is 10.8 Å². The first-order valence-electron chi connectivity index (χ1n) is 7.48. The maximum Gasteiger partial charge on any atom is 0.168 e. The second kappa shape index (κ2) is 4.88. The summed E-state index contributed by atoms with van der Waals surface area (Å²) in [5.74, 6) is 2.10. The lowest BCUT2D eigenvalue weighted by Crippen LogP contribution is -2.03. The normalized spacial score (nSPS) is 14.9. The summed E-state index contributed by atoms with van der Waals surface area (Å²) in [6.07, 6.45) is 4.51. The molecule has 2 heterocycles. The van der Waals surface area contributed by atoms with Crippen LogP contribution >= 0.6 is 0 Å². The summed E-state index contributed by atoms with van der Waals surface area (Å²) in [7, 11) is 0. The first-order chi connectivity index (χ1) is 10.3. The first kappa shape index (κ1) is 12.4. The van der Waals surface area contributed by atoms with Gasteiger partial charge in [0.15, 0.2) is 5.82 Å². The van der Waals surface area contributed by atoms with E-state index in [1.54, 1.807) is 6.07 Å². The molecule has 1 aliphatic heterocycles. The molecule has 0 saturated heterocycles. The maximum atomic E-state index is 10.4. The molecule has 21 heavy (non-hydrogen) atoms. The van der Waals surface area contributed by atoms with E-state index in [-0.39, 0.29) is 5.75 Å².